The SMILES string of the molecule is CCC(C)NC(=O)c1ccc(NCc2ccc3c(c2)OCO3)cn1. The average Bonchev–Trinajstić information content (AvgIpc) is 3.08. The van der Waals surface area contributed by atoms with Gasteiger partial charge in [0.25, 0.3) is 5.91 Å². The summed E-state index contributed by atoms with van der Waals surface area (Å²) in [7, 11) is 0. The number of nitrogens with zero attached hydrogens (tertiary/aromatic N) is 1. The first-order chi connectivity index (χ1) is 11.7. The van der Waals surface area contributed by atoms with E-state index in [2.05, 4.69) is 15.6 Å². The van der Waals surface area contributed by atoms with E-state index in [9.17, 15) is 4.79 Å². The molecule has 0 radical (unpaired) electrons. The molecule has 3 rings (SSSR count). The van der Waals surface area contributed by atoms with Crippen LogP contribution in [0.3, 0.4) is 0 Å². The molecule has 0 fully saturated rings. The quantitative estimate of drug-likeness (QED) is 0.853. The number of anilines is 1. The number of benzene rings is 1. The van der Waals surface area contributed by atoms with Crippen molar-refractivity contribution in [2.75, 3.05) is 12.1 Å². The minimum absolute atomic E-state index is 0.142. The minimum Gasteiger partial charge on any atom is -0.454 e. The van der Waals surface area contributed by atoms with E-state index in [1.165, 1.54) is 0 Å². The number of rotatable bonds is 6. The maximum Gasteiger partial charge on any atom is 0.270 e. The molecule has 6 heteroatoms. The summed E-state index contributed by atoms with van der Waals surface area (Å²) < 4.78 is 10.7. The third kappa shape index (κ3) is 3.76. The number of carbonyl (C=O) groups is 1. The monoisotopic (exact) mass is 327 g/mol. The van der Waals surface area contributed by atoms with E-state index < -0.39 is 0 Å². The second-order valence-electron chi connectivity index (χ2n) is 5.76. The zero-order valence-electron chi connectivity index (χ0n) is 13.8. The highest BCUT2D eigenvalue weighted by Gasteiger charge is 2.13. The zero-order chi connectivity index (χ0) is 16.9. The second kappa shape index (κ2) is 7.21. The number of hydrogen-bond donors (Lipinski definition) is 2. The molecule has 24 heavy (non-hydrogen) atoms. The van der Waals surface area contributed by atoms with Gasteiger partial charge in [0, 0.05) is 12.6 Å². The van der Waals surface area contributed by atoms with Crippen LogP contribution in [0.5, 0.6) is 11.5 Å². The van der Waals surface area contributed by atoms with Crippen LogP contribution < -0.4 is 20.1 Å². The topological polar surface area (TPSA) is 72.5 Å². The molecule has 1 aliphatic rings. The van der Waals surface area contributed by atoms with Crippen LogP contribution in [0.1, 0.15) is 36.3 Å². The minimum atomic E-state index is -0.147. The van der Waals surface area contributed by atoms with Crippen LogP contribution in [0.25, 0.3) is 0 Å². The molecule has 1 atom stereocenters. The number of fused-ring (bicyclic) bond motifs is 1. The lowest BCUT2D eigenvalue weighted by molar-refractivity contribution is 0.0934. The van der Waals surface area contributed by atoms with Crippen molar-refractivity contribution in [2.24, 2.45) is 0 Å². The molecule has 0 saturated carbocycles. The van der Waals surface area contributed by atoms with Crippen molar-refractivity contribution in [3.05, 3.63) is 47.8 Å². The van der Waals surface area contributed by atoms with Gasteiger partial charge in [-0.2, -0.15) is 0 Å². The van der Waals surface area contributed by atoms with Crippen molar-refractivity contribution < 1.29 is 14.3 Å². The summed E-state index contributed by atoms with van der Waals surface area (Å²) in [5.74, 6) is 1.40. The lowest BCUT2D eigenvalue weighted by atomic mass is 10.2. The van der Waals surface area contributed by atoms with Gasteiger partial charge in [0.1, 0.15) is 5.69 Å². The van der Waals surface area contributed by atoms with Crippen molar-refractivity contribution >= 4 is 11.6 Å². The van der Waals surface area contributed by atoms with Crippen LogP contribution in [-0.2, 0) is 6.54 Å². The van der Waals surface area contributed by atoms with Crippen LogP contribution in [-0.4, -0.2) is 23.7 Å². The molecule has 0 bridgehead atoms. The number of aromatic nitrogens is 1. The van der Waals surface area contributed by atoms with Gasteiger partial charge in [0.15, 0.2) is 11.5 Å². The smallest absolute Gasteiger partial charge is 0.270 e. The number of carbonyl (C=O) groups excluding carboxylic acids is 1. The van der Waals surface area contributed by atoms with Crippen LogP contribution in [0, 0.1) is 0 Å². The van der Waals surface area contributed by atoms with Crippen molar-refractivity contribution in [1.82, 2.24) is 10.3 Å². The molecule has 1 amide bonds. The van der Waals surface area contributed by atoms with Crippen LogP contribution in [0.4, 0.5) is 5.69 Å². The fraction of sp³-hybridized carbons (Fsp3) is 0.333. The Hall–Kier alpha value is -2.76. The van der Waals surface area contributed by atoms with Gasteiger partial charge in [0.2, 0.25) is 6.79 Å². The summed E-state index contributed by atoms with van der Waals surface area (Å²) in [5, 5.41) is 6.18. The van der Waals surface area contributed by atoms with Crippen molar-refractivity contribution in [3.63, 3.8) is 0 Å². The number of nitrogens with one attached hydrogen (secondary N) is 2. The summed E-state index contributed by atoms with van der Waals surface area (Å²) in [4.78, 5) is 16.2. The maximum atomic E-state index is 12.0. The Morgan fingerprint density at radius 1 is 1.25 bits per heavy atom. The molecular formula is C18H21N3O3. The molecule has 0 aliphatic carbocycles. The van der Waals surface area contributed by atoms with Crippen molar-refractivity contribution in [2.45, 2.75) is 32.9 Å². The molecule has 126 valence electrons. The zero-order valence-corrected chi connectivity index (χ0v) is 13.8. The number of hydrogen-bond acceptors (Lipinski definition) is 5. The summed E-state index contributed by atoms with van der Waals surface area (Å²) in [6.45, 7) is 4.91. The Bertz CT molecular complexity index is 716. The Morgan fingerprint density at radius 3 is 2.83 bits per heavy atom. The van der Waals surface area contributed by atoms with Crippen LogP contribution in [0.15, 0.2) is 36.5 Å². The van der Waals surface area contributed by atoms with Gasteiger partial charge in [-0.1, -0.05) is 13.0 Å². The van der Waals surface area contributed by atoms with Crippen LogP contribution >= 0.6 is 0 Å². The van der Waals surface area contributed by atoms with E-state index in [0.29, 0.717) is 12.2 Å². The highest BCUT2D eigenvalue weighted by atomic mass is 16.7. The van der Waals surface area contributed by atoms with Gasteiger partial charge < -0.3 is 20.1 Å². The van der Waals surface area contributed by atoms with E-state index in [1.54, 1.807) is 12.3 Å². The van der Waals surface area contributed by atoms with Crippen molar-refractivity contribution in [3.8, 4) is 11.5 Å². The van der Waals surface area contributed by atoms with Crippen LogP contribution in [0.2, 0.25) is 0 Å². The predicted molar refractivity (Wildman–Crippen MR) is 91.3 cm³/mol. The van der Waals surface area contributed by atoms with Crippen molar-refractivity contribution in [1.29, 1.82) is 0 Å². The Morgan fingerprint density at radius 2 is 2.08 bits per heavy atom. The van der Waals surface area contributed by atoms with E-state index in [4.69, 9.17) is 9.47 Å². The Balaban J connectivity index is 1.57. The number of amides is 1. The summed E-state index contributed by atoms with van der Waals surface area (Å²) in [6, 6.07) is 9.56. The average molecular weight is 327 g/mol. The highest BCUT2D eigenvalue weighted by Crippen LogP contribution is 2.32. The first-order valence-electron chi connectivity index (χ1n) is 8.05. The van der Waals surface area contributed by atoms with E-state index in [0.717, 1.165) is 29.2 Å². The largest absolute Gasteiger partial charge is 0.454 e. The number of ether oxygens (including phenoxy) is 2. The first kappa shape index (κ1) is 16.1. The molecule has 0 saturated heterocycles. The molecule has 2 N–H and O–H groups in total. The molecule has 0 spiro atoms. The standard InChI is InChI=1S/C18H21N3O3/c1-3-12(2)21-18(22)15-6-5-14(10-20-15)19-9-13-4-7-16-17(8-13)24-11-23-16/h4-8,10,12,19H,3,9,11H2,1-2H3,(H,21,22). The molecular weight excluding hydrogens is 306 g/mol. The molecule has 2 aromatic rings. The molecule has 6 nitrogen and oxygen atoms in total. The molecule has 2 heterocycles. The van der Waals surface area contributed by atoms with E-state index >= 15 is 0 Å². The number of pyridine rings is 1. The van der Waals surface area contributed by atoms with Gasteiger partial charge in [-0.25, -0.2) is 4.98 Å². The fourth-order valence-electron chi connectivity index (χ4n) is 2.29. The Labute approximate surface area is 141 Å². The molecule has 1 aromatic carbocycles. The lowest BCUT2D eigenvalue weighted by Gasteiger charge is -2.11. The first-order valence-corrected chi connectivity index (χ1v) is 8.05. The van der Waals surface area contributed by atoms with Gasteiger partial charge in [0.05, 0.1) is 11.9 Å². The van der Waals surface area contributed by atoms with Gasteiger partial charge in [-0.15, -0.1) is 0 Å². The van der Waals surface area contributed by atoms with Gasteiger partial charge in [-0.3, -0.25) is 4.79 Å². The van der Waals surface area contributed by atoms with Gasteiger partial charge in [-0.05, 0) is 43.2 Å². The summed E-state index contributed by atoms with van der Waals surface area (Å²) in [5.41, 5.74) is 2.36. The fourth-order valence-corrected chi connectivity index (χ4v) is 2.29. The molecule has 1 aromatic heterocycles. The van der Waals surface area contributed by atoms with E-state index in [1.807, 2.05) is 38.1 Å². The molecule has 1 aliphatic heterocycles. The third-order valence-corrected chi connectivity index (χ3v) is 3.92. The van der Waals surface area contributed by atoms with E-state index in [-0.39, 0.29) is 18.7 Å². The highest BCUT2D eigenvalue weighted by molar-refractivity contribution is 5.92. The third-order valence-electron chi connectivity index (χ3n) is 3.92. The second-order valence-corrected chi connectivity index (χ2v) is 5.76. The summed E-state index contributed by atoms with van der Waals surface area (Å²) in [6.07, 6.45) is 2.55. The maximum absolute atomic E-state index is 12.0. The van der Waals surface area contributed by atoms with Gasteiger partial charge >= 0.3 is 0 Å². The Kier molecular flexibility index (Phi) is 4.84. The molecule has 1 unspecified atom stereocenters. The summed E-state index contributed by atoms with van der Waals surface area (Å²) >= 11 is 0. The predicted octanol–water partition coefficient (Wildman–Crippen LogP) is 2.95. The normalized spacial score (nSPS) is 13.4. The lowest BCUT2D eigenvalue weighted by Crippen LogP contribution is -2.32.